The maximum atomic E-state index is 9.35. The molecule has 0 atom stereocenters. The fraction of sp³-hybridized carbons (Fsp3) is 0.533. The van der Waals surface area contributed by atoms with Crippen LogP contribution in [0.25, 0.3) is 0 Å². The topological polar surface area (TPSA) is 42.2 Å². The van der Waals surface area contributed by atoms with Crippen LogP contribution in [0.15, 0.2) is 18.2 Å². The second-order valence-corrected chi connectivity index (χ2v) is 5.85. The van der Waals surface area contributed by atoms with E-state index in [1.807, 2.05) is 12.1 Å². The molecule has 0 spiro atoms. The number of hydrogen-bond acceptors (Lipinski definition) is 3. The minimum atomic E-state index is -0.466. The van der Waals surface area contributed by atoms with Crippen LogP contribution in [0.4, 0.5) is 0 Å². The van der Waals surface area contributed by atoms with Crippen molar-refractivity contribution in [2.24, 2.45) is 0 Å². The van der Waals surface area contributed by atoms with Gasteiger partial charge in [0, 0.05) is 0 Å². The smallest absolute Gasteiger partial charge is 0.129 e. The minimum absolute atomic E-state index is 0.0113. The first-order chi connectivity index (χ1) is 8.43. The number of rotatable bonds is 2. The summed E-state index contributed by atoms with van der Waals surface area (Å²) in [7, 11) is 1.68. The molecule has 18 heavy (non-hydrogen) atoms. The predicted octanol–water partition coefficient (Wildman–Crippen LogP) is 2.78. The maximum absolute atomic E-state index is 9.35. The maximum Gasteiger partial charge on any atom is 0.129 e. The van der Waals surface area contributed by atoms with Crippen molar-refractivity contribution in [2.75, 3.05) is 20.3 Å². The van der Waals surface area contributed by atoms with E-state index in [9.17, 15) is 5.26 Å². The van der Waals surface area contributed by atoms with Crippen LogP contribution in [-0.4, -0.2) is 20.3 Å². The van der Waals surface area contributed by atoms with Gasteiger partial charge < -0.3 is 9.47 Å². The zero-order valence-corrected chi connectivity index (χ0v) is 11.4. The van der Waals surface area contributed by atoms with E-state index < -0.39 is 5.41 Å². The molecule has 0 saturated carbocycles. The first-order valence-electron chi connectivity index (χ1n) is 6.11. The number of hydrogen-bond donors (Lipinski definition) is 0. The van der Waals surface area contributed by atoms with Crippen LogP contribution in [-0.2, 0) is 15.6 Å². The SMILES string of the molecule is COc1ccc(C2(C#N)COC2)cc1C(C)(C)C. The molecule has 1 aliphatic rings. The Labute approximate surface area is 108 Å². The van der Waals surface area contributed by atoms with Gasteiger partial charge in [-0.3, -0.25) is 0 Å². The van der Waals surface area contributed by atoms with Crippen LogP contribution < -0.4 is 4.74 Å². The molecule has 1 aromatic carbocycles. The monoisotopic (exact) mass is 245 g/mol. The normalized spacial score (nSPS) is 17.7. The second-order valence-electron chi connectivity index (χ2n) is 5.85. The number of ether oxygens (including phenoxy) is 2. The predicted molar refractivity (Wildman–Crippen MR) is 69.8 cm³/mol. The zero-order chi connectivity index (χ0) is 13.4. The van der Waals surface area contributed by atoms with Gasteiger partial charge >= 0.3 is 0 Å². The molecule has 0 N–H and O–H groups in total. The van der Waals surface area contributed by atoms with Crippen molar-refractivity contribution in [2.45, 2.75) is 31.6 Å². The average molecular weight is 245 g/mol. The number of nitriles is 1. The van der Waals surface area contributed by atoms with Gasteiger partial charge in [-0.05, 0) is 28.7 Å². The highest BCUT2D eigenvalue weighted by atomic mass is 16.5. The van der Waals surface area contributed by atoms with Crippen LogP contribution in [0.2, 0.25) is 0 Å². The number of benzene rings is 1. The van der Waals surface area contributed by atoms with Gasteiger partial charge in [0.25, 0.3) is 0 Å². The Kier molecular flexibility index (Phi) is 3.08. The summed E-state index contributed by atoms with van der Waals surface area (Å²) in [5, 5.41) is 9.35. The third kappa shape index (κ3) is 1.97. The second kappa shape index (κ2) is 4.29. The van der Waals surface area contributed by atoms with E-state index in [1.165, 1.54) is 0 Å². The summed E-state index contributed by atoms with van der Waals surface area (Å²) >= 11 is 0. The molecule has 1 heterocycles. The fourth-order valence-electron chi connectivity index (χ4n) is 2.19. The largest absolute Gasteiger partial charge is 0.496 e. The van der Waals surface area contributed by atoms with E-state index in [0.717, 1.165) is 16.9 Å². The lowest BCUT2D eigenvalue weighted by atomic mass is 9.76. The quantitative estimate of drug-likeness (QED) is 0.804. The molecular weight excluding hydrogens is 226 g/mol. The lowest BCUT2D eigenvalue weighted by Gasteiger charge is -2.36. The lowest BCUT2D eigenvalue weighted by molar-refractivity contribution is -0.0298. The zero-order valence-electron chi connectivity index (χ0n) is 11.4. The Morgan fingerprint density at radius 3 is 2.39 bits per heavy atom. The van der Waals surface area contributed by atoms with Crippen molar-refractivity contribution in [3.8, 4) is 11.8 Å². The summed E-state index contributed by atoms with van der Waals surface area (Å²) in [6.45, 7) is 7.40. The minimum Gasteiger partial charge on any atom is -0.496 e. The van der Waals surface area contributed by atoms with Gasteiger partial charge in [0.1, 0.15) is 11.2 Å². The van der Waals surface area contributed by atoms with Crippen LogP contribution in [0.3, 0.4) is 0 Å². The Morgan fingerprint density at radius 2 is 2.00 bits per heavy atom. The molecule has 3 nitrogen and oxygen atoms in total. The molecule has 0 unspecified atom stereocenters. The summed E-state index contributed by atoms with van der Waals surface area (Å²) in [6.07, 6.45) is 0. The summed E-state index contributed by atoms with van der Waals surface area (Å²) in [4.78, 5) is 0. The van der Waals surface area contributed by atoms with E-state index in [2.05, 4.69) is 32.9 Å². The lowest BCUT2D eigenvalue weighted by Crippen LogP contribution is -2.45. The molecule has 2 rings (SSSR count). The fourth-order valence-corrected chi connectivity index (χ4v) is 2.19. The molecule has 96 valence electrons. The summed E-state index contributed by atoms with van der Waals surface area (Å²) in [5.41, 5.74) is 1.68. The average Bonchev–Trinajstić information content (AvgIpc) is 2.27. The van der Waals surface area contributed by atoms with Crippen LogP contribution in [0.5, 0.6) is 5.75 Å². The highest BCUT2D eigenvalue weighted by molar-refractivity contribution is 5.46. The van der Waals surface area contributed by atoms with Crippen molar-refractivity contribution < 1.29 is 9.47 Å². The molecule has 1 aliphatic heterocycles. The number of methoxy groups -OCH3 is 1. The van der Waals surface area contributed by atoms with E-state index >= 15 is 0 Å². The van der Waals surface area contributed by atoms with Gasteiger partial charge in [-0.2, -0.15) is 5.26 Å². The van der Waals surface area contributed by atoms with Crippen molar-refractivity contribution >= 4 is 0 Å². The van der Waals surface area contributed by atoms with Gasteiger partial charge in [-0.1, -0.05) is 26.8 Å². The molecular formula is C15H19NO2. The van der Waals surface area contributed by atoms with Gasteiger partial charge in [0.05, 0.1) is 26.4 Å². The molecule has 1 aromatic rings. The Morgan fingerprint density at radius 1 is 1.33 bits per heavy atom. The third-order valence-corrected chi connectivity index (χ3v) is 3.47. The third-order valence-electron chi connectivity index (χ3n) is 3.47. The summed E-state index contributed by atoms with van der Waals surface area (Å²) in [5.74, 6) is 0.875. The highest BCUT2D eigenvalue weighted by Gasteiger charge is 2.41. The van der Waals surface area contributed by atoms with Crippen molar-refractivity contribution in [1.82, 2.24) is 0 Å². The van der Waals surface area contributed by atoms with Gasteiger partial charge in [0.15, 0.2) is 0 Å². The molecule has 1 fully saturated rings. The molecule has 3 heteroatoms. The molecule has 0 bridgehead atoms. The van der Waals surface area contributed by atoms with E-state index in [-0.39, 0.29) is 5.41 Å². The standard InChI is InChI=1S/C15H19NO2/c1-14(2,3)12-7-11(5-6-13(12)17-4)15(8-16)9-18-10-15/h5-7H,9-10H2,1-4H3. The van der Waals surface area contributed by atoms with Crippen molar-refractivity contribution in [3.63, 3.8) is 0 Å². The van der Waals surface area contributed by atoms with Gasteiger partial charge in [-0.25, -0.2) is 0 Å². The Bertz CT molecular complexity index is 490. The van der Waals surface area contributed by atoms with Crippen LogP contribution >= 0.6 is 0 Å². The molecule has 0 aromatic heterocycles. The molecule has 0 aliphatic carbocycles. The molecule has 1 saturated heterocycles. The summed E-state index contributed by atoms with van der Waals surface area (Å²) in [6, 6.07) is 8.39. The van der Waals surface area contributed by atoms with Crippen LogP contribution in [0.1, 0.15) is 31.9 Å². The molecule has 0 radical (unpaired) electrons. The van der Waals surface area contributed by atoms with E-state index in [1.54, 1.807) is 7.11 Å². The Hall–Kier alpha value is -1.53. The molecule has 0 amide bonds. The van der Waals surface area contributed by atoms with Gasteiger partial charge in [-0.15, -0.1) is 0 Å². The van der Waals surface area contributed by atoms with Gasteiger partial charge in [0.2, 0.25) is 0 Å². The first kappa shape index (κ1) is 12.9. The van der Waals surface area contributed by atoms with E-state index in [4.69, 9.17) is 9.47 Å². The van der Waals surface area contributed by atoms with E-state index in [0.29, 0.717) is 13.2 Å². The van der Waals surface area contributed by atoms with Crippen molar-refractivity contribution in [1.29, 1.82) is 5.26 Å². The van der Waals surface area contributed by atoms with Crippen LogP contribution in [0, 0.1) is 11.3 Å². The summed E-state index contributed by atoms with van der Waals surface area (Å²) < 4.78 is 10.6. The number of nitrogens with zero attached hydrogens (tertiary/aromatic N) is 1. The Balaban J connectivity index is 2.50. The highest BCUT2D eigenvalue weighted by Crippen LogP contribution is 2.38. The first-order valence-corrected chi connectivity index (χ1v) is 6.11. The van der Waals surface area contributed by atoms with Crippen molar-refractivity contribution in [3.05, 3.63) is 29.3 Å².